The van der Waals surface area contributed by atoms with Crippen LogP contribution in [-0.2, 0) is 4.79 Å². The van der Waals surface area contributed by atoms with Crippen molar-refractivity contribution >= 4 is 12.0 Å². The summed E-state index contributed by atoms with van der Waals surface area (Å²) < 4.78 is 10.5. The maximum atomic E-state index is 11.8. The molecule has 0 radical (unpaired) electrons. The third-order valence-corrected chi connectivity index (χ3v) is 4.06. The van der Waals surface area contributed by atoms with Crippen LogP contribution in [0.1, 0.15) is 24.8 Å². The molecule has 0 saturated heterocycles. The fraction of sp³-hybridized carbons (Fsp3) is 0.438. The number of aliphatic hydroxyl groups excluding tert-OH is 1. The molecule has 2 N–H and O–H groups in total. The van der Waals surface area contributed by atoms with E-state index in [1.54, 1.807) is 6.08 Å². The van der Waals surface area contributed by atoms with E-state index in [0.717, 1.165) is 30.6 Å². The number of fused-ring (bicyclic) bond motifs is 1. The smallest absolute Gasteiger partial charge is 0.244 e. The Bertz CT molecular complexity index is 563. The quantitative estimate of drug-likeness (QED) is 0.782. The number of hydrogen-bond donors (Lipinski definition) is 2. The van der Waals surface area contributed by atoms with Gasteiger partial charge >= 0.3 is 0 Å². The van der Waals surface area contributed by atoms with E-state index in [9.17, 15) is 4.79 Å². The zero-order valence-electron chi connectivity index (χ0n) is 11.8. The molecule has 1 amide bonds. The molecule has 5 heteroatoms. The molecule has 1 aromatic rings. The van der Waals surface area contributed by atoms with Gasteiger partial charge in [-0.1, -0.05) is 6.07 Å². The highest BCUT2D eigenvalue weighted by Crippen LogP contribution is 2.47. The lowest BCUT2D eigenvalue weighted by Crippen LogP contribution is -2.29. The molecule has 5 nitrogen and oxygen atoms in total. The summed E-state index contributed by atoms with van der Waals surface area (Å²) >= 11 is 0. The molecule has 0 aromatic heterocycles. The van der Waals surface area contributed by atoms with E-state index in [-0.39, 0.29) is 24.7 Å². The minimum Gasteiger partial charge on any atom is -0.454 e. The molecule has 0 spiro atoms. The lowest BCUT2D eigenvalue weighted by Gasteiger charge is -2.13. The van der Waals surface area contributed by atoms with E-state index in [1.807, 2.05) is 18.2 Å². The number of nitrogens with one attached hydrogen (secondary N) is 1. The summed E-state index contributed by atoms with van der Waals surface area (Å²) in [6, 6.07) is 5.56. The van der Waals surface area contributed by atoms with Gasteiger partial charge in [0.2, 0.25) is 12.7 Å². The first-order chi connectivity index (χ1) is 10.2. The largest absolute Gasteiger partial charge is 0.454 e. The van der Waals surface area contributed by atoms with Crippen molar-refractivity contribution in [2.75, 3.05) is 19.9 Å². The monoisotopic (exact) mass is 289 g/mol. The molecule has 0 bridgehead atoms. The summed E-state index contributed by atoms with van der Waals surface area (Å²) in [5.74, 6) is 1.32. The standard InChI is InChI=1S/C16H19NO4/c18-8-7-16(5-6-16)10-17-15(19)4-2-12-1-3-13-14(9-12)21-11-20-13/h1-4,9,18H,5-8,10-11H2,(H,17,19)/b4-2+. The zero-order valence-corrected chi connectivity index (χ0v) is 11.8. The molecule has 1 saturated carbocycles. The van der Waals surface area contributed by atoms with Crippen LogP contribution in [0, 0.1) is 5.41 Å². The third-order valence-electron chi connectivity index (χ3n) is 4.06. The topological polar surface area (TPSA) is 67.8 Å². The SMILES string of the molecule is O=C(/C=C/c1ccc2c(c1)OCO2)NCC1(CCO)CC1. The number of benzene rings is 1. The van der Waals surface area contributed by atoms with Gasteiger partial charge in [-0.15, -0.1) is 0 Å². The predicted molar refractivity (Wildman–Crippen MR) is 78.0 cm³/mol. The van der Waals surface area contributed by atoms with Gasteiger partial charge in [0.15, 0.2) is 11.5 Å². The van der Waals surface area contributed by atoms with Gasteiger partial charge in [0.1, 0.15) is 0 Å². The molecule has 21 heavy (non-hydrogen) atoms. The fourth-order valence-electron chi connectivity index (χ4n) is 2.45. The Kier molecular flexibility index (Phi) is 3.84. The van der Waals surface area contributed by atoms with Crippen molar-refractivity contribution in [2.24, 2.45) is 5.41 Å². The lowest BCUT2D eigenvalue weighted by atomic mass is 10.0. The highest BCUT2D eigenvalue weighted by Gasteiger charge is 2.41. The summed E-state index contributed by atoms with van der Waals surface area (Å²) in [4.78, 5) is 11.8. The first-order valence-electron chi connectivity index (χ1n) is 7.17. The summed E-state index contributed by atoms with van der Waals surface area (Å²) in [6.45, 7) is 1.07. The second-order valence-corrected chi connectivity index (χ2v) is 5.64. The summed E-state index contributed by atoms with van der Waals surface area (Å²) in [5.41, 5.74) is 1.03. The first kappa shape index (κ1) is 13.9. The van der Waals surface area contributed by atoms with Crippen LogP contribution in [0.5, 0.6) is 11.5 Å². The van der Waals surface area contributed by atoms with Crippen molar-refractivity contribution in [3.05, 3.63) is 29.8 Å². The van der Waals surface area contributed by atoms with Crippen LogP contribution in [0.15, 0.2) is 24.3 Å². The fourth-order valence-corrected chi connectivity index (χ4v) is 2.45. The molecule has 1 aliphatic heterocycles. The zero-order chi connectivity index (χ0) is 14.7. The maximum absolute atomic E-state index is 11.8. The molecular formula is C16H19NO4. The highest BCUT2D eigenvalue weighted by atomic mass is 16.7. The number of carbonyl (C=O) groups is 1. The van der Waals surface area contributed by atoms with Crippen molar-refractivity contribution in [3.63, 3.8) is 0 Å². The van der Waals surface area contributed by atoms with E-state index in [0.29, 0.717) is 12.3 Å². The predicted octanol–water partition coefficient (Wildman–Crippen LogP) is 1.71. The van der Waals surface area contributed by atoms with Crippen molar-refractivity contribution in [3.8, 4) is 11.5 Å². The summed E-state index contributed by atoms with van der Waals surface area (Å²) in [5, 5.41) is 11.9. The van der Waals surface area contributed by atoms with Crippen molar-refractivity contribution < 1.29 is 19.4 Å². The van der Waals surface area contributed by atoms with Gasteiger partial charge in [0.25, 0.3) is 0 Å². The van der Waals surface area contributed by atoms with Crippen molar-refractivity contribution in [1.82, 2.24) is 5.32 Å². The van der Waals surface area contributed by atoms with E-state index in [4.69, 9.17) is 14.6 Å². The number of carbonyl (C=O) groups excluding carboxylic acids is 1. The Morgan fingerprint density at radius 2 is 2.14 bits per heavy atom. The number of rotatable bonds is 6. The van der Waals surface area contributed by atoms with Crippen molar-refractivity contribution in [1.29, 1.82) is 0 Å². The normalized spacial score (nSPS) is 18.0. The van der Waals surface area contributed by atoms with Crippen LogP contribution in [0.2, 0.25) is 0 Å². The van der Waals surface area contributed by atoms with Crippen LogP contribution >= 0.6 is 0 Å². The minimum atomic E-state index is -0.114. The van der Waals surface area contributed by atoms with Gasteiger partial charge < -0.3 is 19.9 Å². The van der Waals surface area contributed by atoms with E-state index in [2.05, 4.69) is 5.32 Å². The first-order valence-corrected chi connectivity index (χ1v) is 7.17. The lowest BCUT2D eigenvalue weighted by molar-refractivity contribution is -0.116. The molecule has 1 aliphatic carbocycles. The van der Waals surface area contributed by atoms with Gasteiger partial charge in [-0.05, 0) is 48.4 Å². The Morgan fingerprint density at radius 3 is 2.90 bits per heavy atom. The number of hydrogen-bond acceptors (Lipinski definition) is 4. The van der Waals surface area contributed by atoms with Crippen LogP contribution in [0.25, 0.3) is 6.08 Å². The molecule has 0 atom stereocenters. The molecule has 2 aliphatic rings. The second kappa shape index (κ2) is 5.77. The van der Waals surface area contributed by atoms with Crippen LogP contribution < -0.4 is 14.8 Å². The third kappa shape index (κ3) is 3.36. The van der Waals surface area contributed by atoms with Crippen molar-refractivity contribution in [2.45, 2.75) is 19.3 Å². The van der Waals surface area contributed by atoms with Gasteiger partial charge in [-0.25, -0.2) is 0 Å². The maximum Gasteiger partial charge on any atom is 0.244 e. The van der Waals surface area contributed by atoms with Crippen LogP contribution in [-0.4, -0.2) is 31.0 Å². The van der Waals surface area contributed by atoms with E-state index in [1.165, 1.54) is 6.08 Å². The number of aliphatic hydroxyl groups is 1. The molecule has 1 fully saturated rings. The Hall–Kier alpha value is -2.01. The molecular weight excluding hydrogens is 270 g/mol. The second-order valence-electron chi connectivity index (χ2n) is 5.64. The number of ether oxygens (including phenoxy) is 2. The molecule has 1 aromatic carbocycles. The average molecular weight is 289 g/mol. The van der Waals surface area contributed by atoms with Gasteiger partial charge in [-0.2, -0.15) is 0 Å². The van der Waals surface area contributed by atoms with Crippen LogP contribution in [0.4, 0.5) is 0 Å². The summed E-state index contributed by atoms with van der Waals surface area (Å²) in [6.07, 6.45) is 6.20. The van der Waals surface area contributed by atoms with Gasteiger partial charge in [0.05, 0.1) is 0 Å². The van der Waals surface area contributed by atoms with Gasteiger partial charge in [-0.3, -0.25) is 4.79 Å². The number of amides is 1. The Labute approximate surface area is 123 Å². The Morgan fingerprint density at radius 1 is 1.33 bits per heavy atom. The van der Waals surface area contributed by atoms with Crippen LogP contribution in [0.3, 0.4) is 0 Å². The average Bonchev–Trinajstić information content (AvgIpc) is 3.09. The van der Waals surface area contributed by atoms with Gasteiger partial charge in [0, 0.05) is 19.2 Å². The summed E-state index contributed by atoms with van der Waals surface area (Å²) in [7, 11) is 0. The Balaban J connectivity index is 1.52. The molecule has 0 unspecified atom stereocenters. The minimum absolute atomic E-state index is 0.114. The van der Waals surface area contributed by atoms with E-state index >= 15 is 0 Å². The molecule has 3 rings (SSSR count). The molecule has 1 heterocycles. The van der Waals surface area contributed by atoms with E-state index < -0.39 is 0 Å². The molecule has 112 valence electrons. The highest BCUT2D eigenvalue weighted by molar-refractivity contribution is 5.91.